The van der Waals surface area contributed by atoms with Crippen molar-refractivity contribution in [2.45, 2.75) is 58.3 Å². The maximum Gasteiger partial charge on any atom is 0.0248 e. The zero-order chi connectivity index (χ0) is 16.8. The average Bonchev–Trinajstić information content (AvgIpc) is 2.51. The van der Waals surface area contributed by atoms with E-state index in [1.807, 2.05) is 6.07 Å². The van der Waals surface area contributed by atoms with E-state index in [0.29, 0.717) is 0 Å². The summed E-state index contributed by atoms with van der Waals surface area (Å²) in [7, 11) is 0. The molecule has 23 heavy (non-hydrogen) atoms. The third-order valence-corrected chi connectivity index (χ3v) is 5.54. The largest absolute Gasteiger partial charge is 0.115 e. The van der Waals surface area contributed by atoms with Crippen LogP contribution in [0.2, 0.25) is 0 Å². The lowest BCUT2D eigenvalue weighted by Crippen LogP contribution is -2.34. The SMILES string of the molecule is C#Cc1cccc(-c2cc3c(cc2C)C(C)(C)CCC3(C)C)c1. The average molecular weight is 302 g/mol. The summed E-state index contributed by atoms with van der Waals surface area (Å²) in [5, 5.41) is 0. The monoisotopic (exact) mass is 302 g/mol. The van der Waals surface area contributed by atoms with E-state index in [1.165, 1.54) is 40.7 Å². The van der Waals surface area contributed by atoms with Gasteiger partial charge in [0.25, 0.3) is 0 Å². The summed E-state index contributed by atoms with van der Waals surface area (Å²) < 4.78 is 0. The summed E-state index contributed by atoms with van der Waals surface area (Å²) in [4.78, 5) is 0. The minimum Gasteiger partial charge on any atom is -0.115 e. The highest BCUT2D eigenvalue weighted by atomic mass is 14.4. The normalized spacial score (nSPS) is 18.1. The first-order valence-electron chi connectivity index (χ1n) is 8.47. The van der Waals surface area contributed by atoms with Gasteiger partial charge in [-0.1, -0.05) is 57.9 Å². The van der Waals surface area contributed by atoms with E-state index in [1.54, 1.807) is 0 Å². The van der Waals surface area contributed by atoms with Crippen LogP contribution in [0, 0.1) is 19.3 Å². The Morgan fingerprint density at radius 1 is 0.913 bits per heavy atom. The Morgan fingerprint density at radius 3 is 2.13 bits per heavy atom. The molecule has 0 aromatic heterocycles. The van der Waals surface area contributed by atoms with Crippen molar-refractivity contribution in [1.82, 2.24) is 0 Å². The van der Waals surface area contributed by atoms with Crippen LogP contribution in [0.5, 0.6) is 0 Å². The van der Waals surface area contributed by atoms with Gasteiger partial charge >= 0.3 is 0 Å². The fraction of sp³-hybridized carbons (Fsp3) is 0.391. The predicted octanol–water partition coefficient (Wildman–Crippen LogP) is 5.99. The highest BCUT2D eigenvalue weighted by Crippen LogP contribution is 2.47. The molecule has 0 heteroatoms. The van der Waals surface area contributed by atoms with Gasteiger partial charge in [-0.2, -0.15) is 0 Å². The molecule has 0 saturated carbocycles. The molecule has 0 fully saturated rings. The summed E-state index contributed by atoms with van der Waals surface area (Å²) in [5.74, 6) is 2.75. The van der Waals surface area contributed by atoms with E-state index in [9.17, 15) is 0 Å². The lowest BCUT2D eigenvalue weighted by atomic mass is 9.62. The first kappa shape index (κ1) is 15.9. The number of terminal acetylenes is 1. The summed E-state index contributed by atoms with van der Waals surface area (Å²) in [6.07, 6.45) is 8.06. The molecule has 0 bridgehead atoms. The summed E-state index contributed by atoms with van der Waals surface area (Å²) in [6.45, 7) is 11.7. The second kappa shape index (κ2) is 5.27. The van der Waals surface area contributed by atoms with Crippen LogP contribution in [0.25, 0.3) is 11.1 Å². The number of hydrogen-bond donors (Lipinski definition) is 0. The Balaban J connectivity index is 2.24. The third-order valence-electron chi connectivity index (χ3n) is 5.54. The molecule has 0 N–H and O–H groups in total. The Morgan fingerprint density at radius 2 is 1.52 bits per heavy atom. The van der Waals surface area contributed by atoms with Crippen molar-refractivity contribution in [3.8, 4) is 23.5 Å². The molecule has 0 heterocycles. The maximum atomic E-state index is 5.57. The molecule has 0 radical (unpaired) electrons. The molecule has 0 amide bonds. The topological polar surface area (TPSA) is 0 Å². The summed E-state index contributed by atoms with van der Waals surface area (Å²) >= 11 is 0. The van der Waals surface area contributed by atoms with Crippen molar-refractivity contribution < 1.29 is 0 Å². The molecular formula is C23H26. The molecule has 0 atom stereocenters. The number of aryl methyl sites for hydroxylation is 1. The van der Waals surface area contributed by atoms with Gasteiger partial charge in [0.15, 0.2) is 0 Å². The van der Waals surface area contributed by atoms with E-state index < -0.39 is 0 Å². The van der Waals surface area contributed by atoms with Crippen LogP contribution in [0.15, 0.2) is 36.4 Å². The van der Waals surface area contributed by atoms with Crippen molar-refractivity contribution in [2.75, 3.05) is 0 Å². The van der Waals surface area contributed by atoms with Crippen molar-refractivity contribution in [2.24, 2.45) is 0 Å². The van der Waals surface area contributed by atoms with Gasteiger partial charge in [-0.05, 0) is 70.5 Å². The number of benzene rings is 2. The quantitative estimate of drug-likeness (QED) is 0.567. The van der Waals surface area contributed by atoms with Gasteiger partial charge in [0.05, 0.1) is 0 Å². The van der Waals surface area contributed by atoms with E-state index in [0.717, 1.165) is 5.56 Å². The van der Waals surface area contributed by atoms with Crippen molar-refractivity contribution in [3.05, 3.63) is 58.7 Å². The molecule has 0 unspecified atom stereocenters. The Bertz CT molecular complexity index is 797. The molecule has 2 aromatic carbocycles. The third kappa shape index (κ3) is 2.70. The van der Waals surface area contributed by atoms with Crippen molar-refractivity contribution in [1.29, 1.82) is 0 Å². The predicted molar refractivity (Wildman–Crippen MR) is 99.8 cm³/mol. The van der Waals surface area contributed by atoms with Gasteiger partial charge in [0.1, 0.15) is 0 Å². The minimum atomic E-state index is 0.233. The summed E-state index contributed by atoms with van der Waals surface area (Å²) in [5.41, 5.74) is 8.32. The van der Waals surface area contributed by atoms with Gasteiger partial charge in [-0.25, -0.2) is 0 Å². The van der Waals surface area contributed by atoms with Crippen LogP contribution >= 0.6 is 0 Å². The standard InChI is InChI=1S/C23H26/c1-7-17-9-8-10-18(14-17)19-15-21-20(13-16(19)2)22(3,4)11-12-23(21,5)6/h1,8-10,13-15H,11-12H2,2-6H3. The first-order valence-corrected chi connectivity index (χ1v) is 8.47. The Labute approximate surface area is 140 Å². The van der Waals surface area contributed by atoms with Crippen LogP contribution < -0.4 is 0 Å². The van der Waals surface area contributed by atoms with E-state index in [4.69, 9.17) is 6.42 Å². The van der Waals surface area contributed by atoms with Crippen LogP contribution in [0.4, 0.5) is 0 Å². The van der Waals surface area contributed by atoms with Gasteiger partial charge < -0.3 is 0 Å². The molecule has 0 spiro atoms. The Hall–Kier alpha value is -2.00. The highest BCUT2D eigenvalue weighted by Gasteiger charge is 2.37. The number of rotatable bonds is 1. The van der Waals surface area contributed by atoms with Gasteiger partial charge in [-0.3, -0.25) is 0 Å². The second-order valence-corrected chi connectivity index (χ2v) is 8.21. The zero-order valence-electron chi connectivity index (χ0n) is 15.0. The number of fused-ring (bicyclic) bond motifs is 1. The molecule has 118 valence electrons. The molecule has 1 aliphatic carbocycles. The number of hydrogen-bond acceptors (Lipinski definition) is 0. The van der Waals surface area contributed by atoms with E-state index in [2.05, 4.69) is 70.9 Å². The molecule has 2 aromatic rings. The van der Waals surface area contributed by atoms with E-state index in [-0.39, 0.29) is 10.8 Å². The van der Waals surface area contributed by atoms with Gasteiger partial charge in [-0.15, -0.1) is 6.42 Å². The highest BCUT2D eigenvalue weighted by molar-refractivity contribution is 5.71. The molecule has 0 nitrogen and oxygen atoms in total. The smallest absolute Gasteiger partial charge is 0.0248 e. The van der Waals surface area contributed by atoms with Crippen molar-refractivity contribution >= 4 is 0 Å². The van der Waals surface area contributed by atoms with Crippen molar-refractivity contribution in [3.63, 3.8) is 0 Å². The van der Waals surface area contributed by atoms with Gasteiger partial charge in [0, 0.05) is 5.56 Å². The molecule has 1 aliphatic rings. The molecular weight excluding hydrogens is 276 g/mol. The van der Waals surface area contributed by atoms with Gasteiger partial charge in [0.2, 0.25) is 0 Å². The molecule has 0 aliphatic heterocycles. The minimum absolute atomic E-state index is 0.233. The lowest BCUT2D eigenvalue weighted by Gasteiger charge is -2.42. The fourth-order valence-corrected chi connectivity index (χ4v) is 3.81. The lowest BCUT2D eigenvalue weighted by molar-refractivity contribution is 0.332. The van der Waals surface area contributed by atoms with Crippen LogP contribution in [-0.4, -0.2) is 0 Å². The van der Waals surface area contributed by atoms with E-state index >= 15 is 0 Å². The first-order chi connectivity index (χ1) is 10.7. The Kier molecular flexibility index (Phi) is 3.64. The summed E-state index contributed by atoms with van der Waals surface area (Å²) in [6, 6.07) is 13.2. The van der Waals surface area contributed by atoms with Crippen LogP contribution in [0.1, 0.15) is 62.8 Å². The van der Waals surface area contributed by atoms with Crippen LogP contribution in [-0.2, 0) is 10.8 Å². The second-order valence-electron chi connectivity index (χ2n) is 8.21. The molecule has 3 rings (SSSR count). The zero-order valence-corrected chi connectivity index (χ0v) is 15.0. The fourth-order valence-electron chi connectivity index (χ4n) is 3.81. The molecule has 0 saturated heterocycles. The van der Waals surface area contributed by atoms with Crippen LogP contribution in [0.3, 0.4) is 0 Å². The maximum absolute atomic E-state index is 5.57.